The number of alkyl halides is 6. The van der Waals surface area contributed by atoms with Gasteiger partial charge in [0.2, 0.25) is 5.82 Å². The average Bonchev–Trinajstić information content (AvgIpc) is 3.05. The molecule has 1 aliphatic heterocycles. The maximum atomic E-state index is 13.4. The lowest BCUT2D eigenvalue weighted by Gasteiger charge is -2.37. The molecule has 12 heteroatoms. The van der Waals surface area contributed by atoms with E-state index in [0.29, 0.717) is 0 Å². The van der Waals surface area contributed by atoms with Gasteiger partial charge in [-0.25, -0.2) is 4.79 Å². The van der Waals surface area contributed by atoms with Gasteiger partial charge < -0.3 is 9.30 Å². The van der Waals surface area contributed by atoms with Gasteiger partial charge in [-0.1, -0.05) is 18.2 Å². The fourth-order valence-electron chi connectivity index (χ4n) is 3.42. The Morgan fingerprint density at radius 1 is 1.03 bits per heavy atom. The lowest BCUT2D eigenvalue weighted by atomic mass is 9.97. The predicted molar refractivity (Wildman–Crippen MR) is 95.9 cm³/mol. The van der Waals surface area contributed by atoms with Gasteiger partial charge in [-0.15, -0.1) is 10.2 Å². The van der Waals surface area contributed by atoms with Crippen molar-refractivity contribution in [1.82, 2.24) is 19.7 Å². The van der Waals surface area contributed by atoms with E-state index in [1.54, 1.807) is 20.8 Å². The fraction of sp³-hybridized carbons (Fsp3) is 0.526. The third-order valence-corrected chi connectivity index (χ3v) is 4.64. The largest absolute Gasteiger partial charge is 0.451 e. The van der Waals surface area contributed by atoms with E-state index in [-0.39, 0.29) is 24.5 Å². The second-order valence-electron chi connectivity index (χ2n) is 8.08. The Labute approximate surface area is 173 Å². The molecule has 2 aromatic rings. The van der Waals surface area contributed by atoms with E-state index in [9.17, 15) is 31.1 Å². The Kier molecular flexibility index (Phi) is 5.70. The molecule has 0 radical (unpaired) electrons. The Balaban J connectivity index is 2.06. The van der Waals surface area contributed by atoms with E-state index < -0.39 is 47.9 Å². The van der Waals surface area contributed by atoms with Crippen LogP contribution in [-0.2, 0) is 30.1 Å². The minimum absolute atomic E-state index is 0.182. The second kappa shape index (κ2) is 7.72. The molecule has 0 N–H and O–H groups in total. The van der Waals surface area contributed by atoms with Gasteiger partial charge in [0.15, 0.2) is 5.82 Å². The summed E-state index contributed by atoms with van der Waals surface area (Å²) in [5, 5.41) is 6.77. The van der Waals surface area contributed by atoms with Gasteiger partial charge in [0, 0.05) is 19.5 Å². The van der Waals surface area contributed by atoms with Crippen LogP contribution in [0.2, 0.25) is 0 Å². The summed E-state index contributed by atoms with van der Waals surface area (Å²) >= 11 is 0. The third-order valence-electron chi connectivity index (χ3n) is 4.64. The number of fused-ring (bicyclic) bond motifs is 1. The number of benzene rings is 1. The average molecular weight is 450 g/mol. The van der Waals surface area contributed by atoms with Crippen molar-refractivity contribution in [3.63, 3.8) is 0 Å². The molecule has 1 amide bonds. The number of ether oxygens (including phenoxy) is 1. The van der Waals surface area contributed by atoms with E-state index in [2.05, 4.69) is 10.2 Å². The van der Waals surface area contributed by atoms with Gasteiger partial charge in [0.1, 0.15) is 5.60 Å². The van der Waals surface area contributed by atoms with Crippen molar-refractivity contribution in [3.05, 3.63) is 47.0 Å². The zero-order valence-corrected chi connectivity index (χ0v) is 16.9. The first-order valence-corrected chi connectivity index (χ1v) is 9.33. The molecule has 0 saturated heterocycles. The number of carbonyl (C=O) groups excluding carboxylic acids is 1. The highest BCUT2D eigenvalue weighted by Crippen LogP contribution is 2.38. The van der Waals surface area contributed by atoms with Crippen molar-refractivity contribution in [1.29, 1.82) is 0 Å². The molecule has 3 rings (SSSR count). The summed E-state index contributed by atoms with van der Waals surface area (Å²) in [6.45, 7) is 4.34. The fourth-order valence-corrected chi connectivity index (χ4v) is 3.42. The number of rotatable bonds is 2. The van der Waals surface area contributed by atoms with Crippen LogP contribution in [0.15, 0.2) is 24.3 Å². The molecule has 170 valence electrons. The Hall–Kier alpha value is -2.79. The van der Waals surface area contributed by atoms with Gasteiger partial charge in [0.25, 0.3) is 0 Å². The Morgan fingerprint density at radius 2 is 1.68 bits per heavy atom. The molecule has 0 spiro atoms. The van der Waals surface area contributed by atoms with Crippen LogP contribution in [0.5, 0.6) is 0 Å². The molecule has 1 aromatic carbocycles. The molecular formula is C19H20F6N4O2. The standard InChI is InChI=1S/C19H20F6N4O2/c1-17(2,3)31-16(30)28-8-9-29-14(26-27-15(29)19(23,24)25)13(28)10-11-6-4-5-7-12(11)18(20,21)22/h4-7,13H,8-10H2,1-3H3. The van der Waals surface area contributed by atoms with Crippen molar-refractivity contribution < 1.29 is 35.9 Å². The van der Waals surface area contributed by atoms with Crippen LogP contribution in [0.4, 0.5) is 31.1 Å². The van der Waals surface area contributed by atoms with E-state index in [4.69, 9.17) is 4.74 Å². The number of carbonyl (C=O) groups is 1. The summed E-state index contributed by atoms with van der Waals surface area (Å²) in [5.74, 6) is -1.51. The van der Waals surface area contributed by atoms with Crippen molar-refractivity contribution in [2.24, 2.45) is 0 Å². The maximum absolute atomic E-state index is 13.4. The van der Waals surface area contributed by atoms with Crippen LogP contribution in [0, 0.1) is 0 Å². The van der Waals surface area contributed by atoms with Crippen LogP contribution in [0.1, 0.15) is 49.6 Å². The Bertz CT molecular complexity index is 962. The lowest BCUT2D eigenvalue weighted by molar-refractivity contribution is -0.148. The quantitative estimate of drug-likeness (QED) is 0.614. The molecule has 0 aliphatic carbocycles. The highest BCUT2D eigenvalue weighted by Gasteiger charge is 2.44. The number of hydrogen-bond acceptors (Lipinski definition) is 4. The summed E-state index contributed by atoms with van der Waals surface area (Å²) in [6, 6.07) is 3.47. The number of aromatic nitrogens is 3. The lowest BCUT2D eigenvalue weighted by Crippen LogP contribution is -2.46. The van der Waals surface area contributed by atoms with E-state index in [1.165, 1.54) is 18.2 Å². The maximum Gasteiger partial charge on any atom is 0.451 e. The van der Waals surface area contributed by atoms with Gasteiger partial charge in [-0.05, 0) is 32.4 Å². The first kappa shape index (κ1) is 22.9. The first-order chi connectivity index (χ1) is 14.2. The van der Waals surface area contributed by atoms with Crippen molar-refractivity contribution in [3.8, 4) is 0 Å². The molecule has 2 heterocycles. The highest BCUT2D eigenvalue weighted by molar-refractivity contribution is 5.69. The number of halogens is 6. The zero-order valence-electron chi connectivity index (χ0n) is 16.9. The van der Waals surface area contributed by atoms with Crippen LogP contribution in [0.3, 0.4) is 0 Å². The molecule has 31 heavy (non-hydrogen) atoms. The van der Waals surface area contributed by atoms with Crippen LogP contribution in [-0.4, -0.2) is 37.9 Å². The second-order valence-corrected chi connectivity index (χ2v) is 8.08. The van der Waals surface area contributed by atoms with Crippen molar-refractivity contribution in [2.75, 3.05) is 6.54 Å². The van der Waals surface area contributed by atoms with Crippen molar-refractivity contribution in [2.45, 2.75) is 57.7 Å². The highest BCUT2D eigenvalue weighted by atomic mass is 19.4. The molecule has 0 fully saturated rings. The summed E-state index contributed by atoms with van der Waals surface area (Å²) < 4.78 is 86.3. The zero-order chi connectivity index (χ0) is 23.2. The Morgan fingerprint density at radius 3 is 2.26 bits per heavy atom. The van der Waals surface area contributed by atoms with Gasteiger partial charge in [-0.2, -0.15) is 26.3 Å². The number of hydrogen-bond donors (Lipinski definition) is 0. The number of nitrogens with zero attached hydrogens (tertiary/aromatic N) is 4. The molecule has 0 saturated carbocycles. The third kappa shape index (κ3) is 4.93. The normalized spacial score (nSPS) is 17.5. The monoisotopic (exact) mass is 450 g/mol. The van der Waals surface area contributed by atoms with E-state index in [0.717, 1.165) is 15.5 Å². The molecule has 0 bridgehead atoms. The van der Waals surface area contributed by atoms with Crippen molar-refractivity contribution >= 4 is 6.09 Å². The molecular weight excluding hydrogens is 430 g/mol. The van der Waals surface area contributed by atoms with Gasteiger partial charge in [0.05, 0.1) is 11.6 Å². The predicted octanol–water partition coefficient (Wildman–Crippen LogP) is 4.85. The number of amides is 1. The summed E-state index contributed by atoms with van der Waals surface area (Å²) in [6.07, 6.45) is -10.7. The first-order valence-electron chi connectivity index (χ1n) is 9.33. The summed E-state index contributed by atoms with van der Waals surface area (Å²) in [5.41, 5.74) is -2.03. The topological polar surface area (TPSA) is 60.2 Å². The smallest absolute Gasteiger partial charge is 0.444 e. The summed E-state index contributed by atoms with van der Waals surface area (Å²) in [7, 11) is 0. The SMILES string of the molecule is CC(C)(C)OC(=O)N1CCn2c(nnc2C(F)(F)F)C1Cc1ccccc1C(F)(F)F. The molecule has 1 aromatic heterocycles. The minimum atomic E-state index is -4.80. The van der Waals surface area contributed by atoms with Crippen LogP contribution >= 0.6 is 0 Å². The minimum Gasteiger partial charge on any atom is -0.444 e. The summed E-state index contributed by atoms with van der Waals surface area (Å²) in [4.78, 5) is 13.8. The van der Waals surface area contributed by atoms with Crippen LogP contribution in [0.25, 0.3) is 0 Å². The van der Waals surface area contributed by atoms with Gasteiger partial charge >= 0.3 is 18.4 Å². The van der Waals surface area contributed by atoms with E-state index in [1.807, 2.05) is 0 Å². The molecule has 1 aliphatic rings. The molecule has 1 atom stereocenters. The molecule has 6 nitrogen and oxygen atoms in total. The van der Waals surface area contributed by atoms with E-state index >= 15 is 0 Å². The molecule has 1 unspecified atom stereocenters. The van der Waals surface area contributed by atoms with Gasteiger partial charge in [-0.3, -0.25) is 4.90 Å². The van der Waals surface area contributed by atoms with Crippen LogP contribution < -0.4 is 0 Å².